The third-order valence-electron chi connectivity index (χ3n) is 2.18. The zero-order chi connectivity index (χ0) is 12.8. The largest absolute Gasteiger partial charge is 0.472 e. The van der Waals surface area contributed by atoms with Crippen LogP contribution in [0.15, 0.2) is 23.0 Å². The summed E-state index contributed by atoms with van der Waals surface area (Å²) in [6, 6.07) is 1.45. The van der Waals surface area contributed by atoms with Crippen molar-refractivity contribution in [2.45, 2.75) is 20.3 Å². The Morgan fingerprint density at radius 2 is 2.12 bits per heavy atom. The third-order valence-corrected chi connectivity index (χ3v) is 2.18. The minimum atomic E-state index is -1.08. The molecule has 0 saturated heterocycles. The minimum absolute atomic E-state index is 0.150. The van der Waals surface area contributed by atoms with E-state index in [1.165, 1.54) is 25.5 Å². The molecule has 0 aliphatic carbocycles. The van der Waals surface area contributed by atoms with Gasteiger partial charge in [-0.05, 0) is 19.9 Å². The smallest absolute Gasteiger partial charge is 0.317 e. The zero-order valence-corrected chi connectivity index (χ0v) is 9.76. The molecule has 0 bridgehead atoms. The van der Waals surface area contributed by atoms with Gasteiger partial charge in [-0.3, -0.25) is 14.4 Å². The fourth-order valence-electron chi connectivity index (χ4n) is 1.42. The Hall–Kier alpha value is -1.91. The molecule has 17 heavy (non-hydrogen) atoms. The molecule has 0 saturated carbocycles. The average Bonchev–Trinajstić information content (AvgIpc) is 2.78. The van der Waals surface area contributed by atoms with Crippen LogP contribution in [0.1, 0.15) is 30.6 Å². The molecule has 5 heteroatoms. The van der Waals surface area contributed by atoms with Crippen molar-refractivity contribution in [1.82, 2.24) is 0 Å². The molecule has 0 aliphatic rings. The summed E-state index contributed by atoms with van der Waals surface area (Å²) in [5.41, 5.74) is 0.268. The van der Waals surface area contributed by atoms with Crippen molar-refractivity contribution in [3.63, 3.8) is 0 Å². The van der Waals surface area contributed by atoms with E-state index in [1.807, 2.05) is 0 Å². The molecular weight excluding hydrogens is 224 g/mol. The van der Waals surface area contributed by atoms with E-state index in [1.54, 1.807) is 6.92 Å². The molecule has 1 atom stereocenters. The molecule has 0 fully saturated rings. The summed E-state index contributed by atoms with van der Waals surface area (Å²) in [5, 5.41) is 0. The SMILES string of the molecule is CCOC(=O)C(CC(C)=O)C(=O)c1ccoc1. The highest BCUT2D eigenvalue weighted by atomic mass is 16.5. The van der Waals surface area contributed by atoms with Crippen LogP contribution in [0.3, 0.4) is 0 Å². The summed E-state index contributed by atoms with van der Waals surface area (Å²) >= 11 is 0. The van der Waals surface area contributed by atoms with Crippen LogP contribution >= 0.6 is 0 Å². The number of hydrogen-bond acceptors (Lipinski definition) is 5. The Morgan fingerprint density at radius 3 is 2.59 bits per heavy atom. The second kappa shape index (κ2) is 5.98. The van der Waals surface area contributed by atoms with E-state index in [0.717, 1.165) is 0 Å². The van der Waals surface area contributed by atoms with Crippen molar-refractivity contribution in [3.8, 4) is 0 Å². The summed E-state index contributed by atoms with van der Waals surface area (Å²) in [7, 11) is 0. The molecule has 1 aromatic rings. The minimum Gasteiger partial charge on any atom is -0.472 e. The van der Waals surface area contributed by atoms with Crippen LogP contribution in [0.4, 0.5) is 0 Å². The number of furan rings is 1. The molecule has 0 amide bonds. The molecule has 1 rings (SSSR count). The van der Waals surface area contributed by atoms with Crippen molar-refractivity contribution in [2.75, 3.05) is 6.61 Å². The lowest BCUT2D eigenvalue weighted by Crippen LogP contribution is -2.28. The van der Waals surface area contributed by atoms with Gasteiger partial charge >= 0.3 is 5.97 Å². The zero-order valence-electron chi connectivity index (χ0n) is 9.76. The van der Waals surface area contributed by atoms with Crippen LogP contribution in [0.25, 0.3) is 0 Å². The molecule has 0 aliphatic heterocycles. The van der Waals surface area contributed by atoms with Gasteiger partial charge in [-0.15, -0.1) is 0 Å². The van der Waals surface area contributed by atoms with E-state index in [-0.39, 0.29) is 24.4 Å². The molecule has 0 radical (unpaired) electrons. The first kappa shape index (κ1) is 13.2. The Balaban J connectivity index is 2.86. The standard InChI is InChI=1S/C12H14O5/c1-3-17-12(15)10(6-8(2)13)11(14)9-4-5-16-7-9/h4-5,7,10H,3,6H2,1-2H3. The highest BCUT2D eigenvalue weighted by Gasteiger charge is 2.30. The topological polar surface area (TPSA) is 73.6 Å². The number of carbonyl (C=O) groups excluding carboxylic acids is 3. The number of Topliss-reactive ketones (excluding diaryl/α,β-unsaturated/α-hetero) is 2. The number of ketones is 2. The van der Waals surface area contributed by atoms with Gasteiger partial charge in [0.25, 0.3) is 0 Å². The highest BCUT2D eigenvalue weighted by molar-refractivity contribution is 6.10. The molecule has 1 aromatic heterocycles. The first-order chi connectivity index (χ1) is 8.06. The summed E-state index contributed by atoms with van der Waals surface area (Å²) < 4.78 is 9.55. The normalized spacial score (nSPS) is 11.9. The van der Waals surface area contributed by atoms with Crippen molar-refractivity contribution in [2.24, 2.45) is 5.92 Å². The van der Waals surface area contributed by atoms with Crippen molar-refractivity contribution >= 4 is 17.5 Å². The number of rotatable bonds is 6. The Morgan fingerprint density at radius 1 is 1.41 bits per heavy atom. The monoisotopic (exact) mass is 238 g/mol. The van der Waals surface area contributed by atoms with Gasteiger partial charge in [-0.1, -0.05) is 0 Å². The number of ether oxygens (including phenoxy) is 1. The summed E-state index contributed by atoms with van der Waals surface area (Å²) in [6.45, 7) is 3.14. The number of hydrogen-bond donors (Lipinski definition) is 0. The lowest BCUT2D eigenvalue weighted by Gasteiger charge is -2.11. The quantitative estimate of drug-likeness (QED) is 0.427. The number of carbonyl (C=O) groups is 3. The van der Waals surface area contributed by atoms with E-state index in [4.69, 9.17) is 9.15 Å². The van der Waals surface area contributed by atoms with Crippen LogP contribution in [-0.4, -0.2) is 24.1 Å². The summed E-state index contributed by atoms with van der Waals surface area (Å²) in [5.74, 6) is -2.44. The third kappa shape index (κ3) is 3.55. The predicted molar refractivity (Wildman–Crippen MR) is 58.5 cm³/mol. The molecule has 5 nitrogen and oxygen atoms in total. The van der Waals surface area contributed by atoms with E-state index >= 15 is 0 Å². The molecule has 92 valence electrons. The fraction of sp³-hybridized carbons (Fsp3) is 0.417. The van der Waals surface area contributed by atoms with Crippen LogP contribution < -0.4 is 0 Å². The Kier molecular flexibility index (Phi) is 4.63. The van der Waals surface area contributed by atoms with E-state index in [9.17, 15) is 14.4 Å². The van der Waals surface area contributed by atoms with Crippen LogP contribution in [0.5, 0.6) is 0 Å². The van der Waals surface area contributed by atoms with E-state index in [2.05, 4.69) is 0 Å². The van der Waals surface area contributed by atoms with Crippen molar-refractivity contribution in [1.29, 1.82) is 0 Å². The molecule has 0 aromatic carbocycles. The van der Waals surface area contributed by atoms with Gasteiger partial charge in [-0.25, -0.2) is 0 Å². The van der Waals surface area contributed by atoms with Crippen molar-refractivity contribution < 1.29 is 23.5 Å². The maximum atomic E-state index is 11.9. The first-order valence-electron chi connectivity index (χ1n) is 5.28. The molecule has 0 spiro atoms. The van der Waals surface area contributed by atoms with Gasteiger partial charge in [0, 0.05) is 6.42 Å². The van der Waals surface area contributed by atoms with Gasteiger partial charge in [0.05, 0.1) is 18.4 Å². The maximum Gasteiger partial charge on any atom is 0.317 e. The first-order valence-corrected chi connectivity index (χ1v) is 5.28. The number of esters is 1. The summed E-state index contributed by atoms with van der Waals surface area (Å²) in [4.78, 5) is 34.6. The van der Waals surface area contributed by atoms with E-state index < -0.39 is 17.7 Å². The average molecular weight is 238 g/mol. The lowest BCUT2D eigenvalue weighted by atomic mass is 9.94. The Bertz CT molecular complexity index is 405. The second-order valence-corrected chi connectivity index (χ2v) is 3.59. The molecule has 1 heterocycles. The van der Waals surface area contributed by atoms with Gasteiger partial charge < -0.3 is 9.15 Å². The molecule has 0 N–H and O–H groups in total. The predicted octanol–water partition coefficient (Wildman–Crippen LogP) is 1.62. The maximum absolute atomic E-state index is 11.9. The van der Waals surface area contributed by atoms with Crippen LogP contribution in [0, 0.1) is 5.92 Å². The second-order valence-electron chi connectivity index (χ2n) is 3.59. The van der Waals surface area contributed by atoms with Crippen LogP contribution in [-0.2, 0) is 14.3 Å². The van der Waals surface area contributed by atoms with Gasteiger partial charge in [-0.2, -0.15) is 0 Å². The molecular formula is C12H14O5. The van der Waals surface area contributed by atoms with Gasteiger partial charge in [0.2, 0.25) is 0 Å². The lowest BCUT2D eigenvalue weighted by molar-refractivity contribution is -0.147. The van der Waals surface area contributed by atoms with E-state index in [0.29, 0.717) is 0 Å². The van der Waals surface area contributed by atoms with Gasteiger partial charge in [0.1, 0.15) is 18.0 Å². The van der Waals surface area contributed by atoms with Gasteiger partial charge in [0.15, 0.2) is 5.78 Å². The highest BCUT2D eigenvalue weighted by Crippen LogP contribution is 2.15. The van der Waals surface area contributed by atoms with Crippen LogP contribution in [0.2, 0.25) is 0 Å². The summed E-state index contributed by atoms with van der Waals surface area (Å²) in [6.07, 6.45) is 2.43. The Labute approximate surface area is 98.7 Å². The molecule has 1 unspecified atom stereocenters. The van der Waals surface area contributed by atoms with Crippen molar-refractivity contribution in [3.05, 3.63) is 24.2 Å². The fourth-order valence-corrected chi connectivity index (χ4v) is 1.42.